The largest absolute Gasteiger partial charge is 0.482 e. The van der Waals surface area contributed by atoms with Crippen LogP contribution in [0.1, 0.15) is 13.3 Å². The van der Waals surface area contributed by atoms with Crippen LogP contribution in [0, 0.1) is 11.6 Å². The van der Waals surface area contributed by atoms with Gasteiger partial charge in [-0.1, -0.05) is 6.92 Å². The fourth-order valence-electron chi connectivity index (χ4n) is 3.01. The molecule has 144 valence electrons. The van der Waals surface area contributed by atoms with Crippen molar-refractivity contribution in [3.63, 3.8) is 0 Å². The molecule has 1 aliphatic heterocycles. The Morgan fingerprint density at radius 3 is 2.89 bits per heavy atom. The smallest absolute Gasteiger partial charge is 0.262 e. The molecule has 0 radical (unpaired) electrons. The second kappa shape index (κ2) is 7.55. The third-order valence-electron chi connectivity index (χ3n) is 4.28. The third kappa shape index (κ3) is 3.55. The van der Waals surface area contributed by atoms with Crippen molar-refractivity contribution < 1.29 is 18.3 Å². The number of amides is 1. The number of nitrogens with zero attached hydrogens (tertiary/aromatic N) is 2. The summed E-state index contributed by atoms with van der Waals surface area (Å²) in [4.78, 5) is 16.6. The Balaban J connectivity index is 1.80. The molecule has 0 saturated heterocycles. The number of thiazole rings is 1. The quantitative estimate of drug-likeness (QED) is 0.701. The number of hydrogen-bond donors (Lipinski definition) is 1. The number of nitrogens with one attached hydrogen (secondary N) is 1. The minimum Gasteiger partial charge on any atom is -0.482 e. The van der Waals surface area contributed by atoms with Crippen LogP contribution in [-0.2, 0) is 11.3 Å². The van der Waals surface area contributed by atoms with Gasteiger partial charge in [0.25, 0.3) is 5.91 Å². The summed E-state index contributed by atoms with van der Waals surface area (Å²) in [6.07, 6.45) is 0.855. The van der Waals surface area contributed by atoms with Crippen LogP contribution in [0.5, 0.6) is 5.75 Å². The molecule has 8 heteroatoms. The molecule has 4 rings (SSSR count). The van der Waals surface area contributed by atoms with Gasteiger partial charge >= 0.3 is 0 Å². The molecule has 0 bridgehead atoms. The van der Waals surface area contributed by atoms with Crippen LogP contribution in [0.4, 0.5) is 20.2 Å². The molecule has 2 heterocycles. The molecule has 1 aliphatic rings. The number of halogens is 2. The van der Waals surface area contributed by atoms with E-state index in [0.717, 1.165) is 23.7 Å². The monoisotopic (exact) mass is 401 g/mol. The van der Waals surface area contributed by atoms with E-state index in [4.69, 9.17) is 4.74 Å². The number of rotatable bonds is 4. The first-order valence-electron chi connectivity index (χ1n) is 8.80. The molecule has 0 atom stereocenters. The minimum absolute atomic E-state index is 0.00684. The van der Waals surface area contributed by atoms with Crippen LogP contribution < -0.4 is 14.9 Å². The number of hydrogen-bond acceptors (Lipinski definition) is 4. The fraction of sp³-hybridized carbons (Fsp3) is 0.200. The normalized spacial score (nSPS) is 13.8. The lowest BCUT2D eigenvalue weighted by atomic mass is 10.1. The van der Waals surface area contributed by atoms with Crippen molar-refractivity contribution in [2.45, 2.75) is 19.9 Å². The molecule has 1 N–H and O–H groups in total. The lowest BCUT2D eigenvalue weighted by Crippen LogP contribution is -2.25. The number of benzene rings is 2. The highest BCUT2D eigenvalue weighted by atomic mass is 32.1. The molecule has 5 nitrogen and oxygen atoms in total. The van der Waals surface area contributed by atoms with Crippen molar-refractivity contribution in [2.24, 2.45) is 4.99 Å². The Bertz CT molecular complexity index is 1120. The maximum atomic E-state index is 14.0. The van der Waals surface area contributed by atoms with Gasteiger partial charge in [0.05, 0.1) is 11.4 Å². The van der Waals surface area contributed by atoms with Crippen molar-refractivity contribution in [2.75, 3.05) is 11.9 Å². The number of carbonyl (C=O) groups is 1. The molecule has 28 heavy (non-hydrogen) atoms. The summed E-state index contributed by atoms with van der Waals surface area (Å²) >= 11 is 1.37. The molecule has 2 aromatic carbocycles. The third-order valence-corrected chi connectivity index (χ3v) is 5.14. The topological polar surface area (TPSA) is 55.6 Å². The molecule has 0 aliphatic carbocycles. The number of anilines is 1. The molecule has 3 aromatic rings. The molecular formula is C20H17F2N3O2S. The van der Waals surface area contributed by atoms with E-state index < -0.39 is 11.6 Å². The van der Waals surface area contributed by atoms with Crippen molar-refractivity contribution >= 4 is 28.6 Å². The van der Waals surface area contributed by atoms with Crippen molar-refractivity contribution in [3.8, 4) is 17.0 Å². The first-order valence-corrected chi connectivity index (χ1v) is 9.68. The second-order valence-corrected chi connectivity index (χ2v) is 7.15. The van der Waals surface area contributed by atoms with Gasteiger partial charge < -0.3 is 14.6 Å². The summed E-state index contributed by atoms with van der Waals surface area (Å²) in [7, 11) is 0. The SMILES string of the molecule is CCCn1c(-c2ccc3c(c2)NC(=O)CO3)csc1=Nc1ccc(F)cc1F. The van der Waals surface area contributed by atoms with Gasteiger partial charge in [0, 0.05) is 23.6 Å². The Morgan fingerprint density at radius 2 is 2.11 bits per heavy atom. The van der Waals surface area contributed by atoms with Crippen molar-refractivity contribution in [3.05, 3.63) is 58.2 Å². The van der Waals surface area contributed by atoms with E-state index in [-0.39, 0.29) is 18.2 Å². The Hall–Kier alpha value is -3.00. The zero-order chi connectivity index (χ0) is 19.7. The van der Waals surface area contributed by atoms with Gasteiger partial charge in [0.1, 0.15) is 17.3 Å². The van der Waals surface area contributed by atoms with Gasteiger partial charge in [0.15, 0.2) is 17.2 Å². The molecule has 1 amide bonds. The van der Waals surface area contributed by atoms with E-state index >= 15 is 0 Å². The number of ether oxygens (including phenoxy) is 1. The highest BCUT2D eigenvalue weighted by Gasteiger charge is 2.17. The molecule has 1 aromatic heterocycles. The predicted molar refractivity (Wildman–Crippen MR) is 104 cm³/mol. The average molecular weight is 401 g/mol. The molecule has 0 unspecified atom stereocenters. The summed E-state index contributed by atoms with van der Waals surface area (Å²) in [5.41, 5.74) is 2.49. The van der Waals surface area contributed by atoms with Gasteiger partial charge in [-0.25, -0.2) is 13.8 Å². The number of aromatic nitrogens is 1. The van der Waals surface area contributed by atoms with Gasteiger partial charge in [-0.15, -0.1) is 11.3 Å². The molecule has 0 fully saturated rings. The predicted octanol–water partition coefficient (Wildman–Crippen LogP) is 4.47. The van der Waals surface area contributed by atoms with Crippen LogP contribution in [0.2, 0.25) is 0 Å². The minimum atomic E-state index is -0.702. The van der Waals surface area contributed by atoms with E-state index in [0.29, 0.717) is 22.8 Å². The average Bonchev–Trinajstić information content (AvgIpc) is 3.06. The van der Waals surface area contributed by atoms with Crippen molar-refractivity contribution in [1.82, 2.24) is 4.57 Å². The second-order valence-electron chi connectivity index (χ2n) is 6.31. The fourth-order valence-corrected chi connectivity index (χ4v) is 3.95. The molecule has 0 saturated carbocycles. The summed E-state index contributed by atoms with van der Waals surface area (Å²) in [6, 6.07) is 8.91. The van der Waals surface area contributed by atoms with E-state index in [1.54, 1.807) is 0 Å². The summed E-state index contributed by atoms with van der Waals surface area (Å²) < 4.78 is 34.6. The number of carbonyl (C=O) groups excluding carboxylic acids is 1. The van der Waals surface area contributed by atoms with E-state index in [2.05, 4.69) is 10.3 Å². The van der Waals surface area contributed by atoms with Crippen LogP contribution in [-0.4, -0.2) is 17.1 Å². The van der Waals surface area contributed by atoms with Crippen LogP contribution in [0.15, 0.2) is 46.8 Å². The summed E-state index contributed by atoms with van der Waals surface area (Å²) in [5, 5.41) is 4.74. The Kier molecular flexibility index (Phi) is 4.95. The molecule has 0 spiro atoms. The highest BCUT2D eigenvalue weighted by Crippen LogP contribution is 2.33. The van der Waals surface area contributed by atoms with Crippen LogP contribution in [0.25, 0.3) is 11.3 Å². The first-order chi connectivity index (χ1) is 13.5. The van der Waals surface area contributed by atoms with Crippen LogP contribution >= 0.6 is 11.3 Å². The zero-order valence-corrected chi connectivity index (χ0v) is 15.9. The van der Waals surface area contributed by atoms with E-state index in [9.17, 15) is 13.6 Å². The molecular weight excluding hydrogens is 384 g/mol. The lowest BCUT2D eigenvalue weighted by Gasteiger charge is -2.18. The van der Waals surface area contributed by atoms with E-state index in [1.807, 2.05) is 35.1 Å². The summed E-state index contributed by atoms with van der Waals surface area (Å²) in [5.74, 6) is -0.910. The standard InChI is InChI=1S/C20H17F2N3O2S/c1-2-7-25-17(12-3-6-18-16(8-12)23-19(26)10-27-18)11-28-20(25)24-15-5-4-13(21)9-14(15)22/h3-6,8-9,11H,2,7,10H2,1H3,(H,23,26). The van der Waals surface area contributed by atoms with Gasteiger partial charge in [0.2, 0.25) is 0 Å². The van der Waals surface area contributed by atoms with Crippen LogP contribution in [0.3, 0.4) is 0 Å². The maximum Gasteiger partial charge on any atom is 0.262 e. The van der Waals surface area contributed by atoms with Gasteiger partial charge in [-0.05, 0) is 36.8 Å². The van der Waals surface area contributed by atoms with Gasteiger partial charge in [-0.3, -0.25) is 4.79 Å². The highest BCUT2D eigenvalue weighted by molar-refractivity contribution is 7.07. The maximum absolute atomic E-state index is 14.0. The Labute approximate surface area is 163 Å². The number of fused-ring (bicyclic) bond motifs is 1. The summed E-state index contributed by atoms with van der Waals surface area (Å²) in [6.45, 7) is 2.73. The van der Waals surface area contributed by atoms with Crippen molar-refractivity contribution in [1.29, 1.82) is 0 Å². The van der Waals surface area contributed by atoms with Gasteiger partial charge in [-0.2, -0.15) is 0 Å². The lowest BCUT2D eigenvalue weighted by molar-refractivity contribution is -0.118. The first kappa shape index (κ1) is 18.4. The Morgan fingerprint density at radius 1 is 1.25 bits per heavy atom. The van der Waals surface area contributed by atoms with E-state index in [1.165, 1.54) is 23.5 Å². The zero-order valence-electron chi connectivity index (χ0n) is 15.0.